The second kappa shape index (κ2) is 5.93. The van der Waals surface area contributed by atoms with E-state index < -0.39 is 0 Å². The van der Waals surface area contributed by atoms with E-state index in [0.29, 0.717) is 0 Å². The lowest BCUT2D eigenvalue weighted by Gasteiger charge is -2.14. The number of amides is 1. The predicted molar refractivity (Wildman–Crippen MR) is 83.7 cm³/mol. The molecule has 0 bridgehead atoms. The Hall–Kier alpha value is -1.40. The monoisotopic (exact) mass is 310 g/mol. The summed E-state index contributed by atoms with van der Waals surface area (Å²) in [6, 6.07) is 2.06. The molecule has 4 nitrogen and oxygen atoms in total. The lowest BCUT2D eigenvalue weighted by atomic mass is 10.1. The van der Waals surface area contributed by atoms with Gasteiger partial charge in [0.2, 0.25) is 5.91 Å². The van der Waals surface area contributed by atoms with Crippen molar-refractivity contribution in [2.45, 2.75) is 40.3 Å². The van der Waals surface area contributed by atoms with Crippen LogP contribution in [0.1, 0.15) is 34.0 Å². The van der Waals surface area contributed by atoms with Crippen molar-refractivity contribution < 1.29 is 4.79 Å². The Labute approximate surface area is 126 Å². The molecule has 1 amide bonds. The second-order valence-electron chi connectivity index (χ2n) is 4.89. The highest BCUT2D eigenvalue weighted by molar-refractivity contribution is 7.12. The lowest BCUT2D eigenvalue weighted by Crippen LogP contribution is -2.32. The summed E-state index contributed by atoms with van der Waals surface area (Å²) in [4.78, 5) is 26.0. The maximum Gasteiger partial charge on any atom is 0.307 e. The molecule has 0 aliphatic rings. The number of aryl methyl sites for hydroxylation is 3. The first kappa shape index (κ1) is 15.0. The van der Waals surface area contributed by atoms with E-state index in [0.717, 1.165) is 22.6 Å². The van der Waals surface area contributed by atoms with Gasteiger partial charge in [0.1, 0.15) is 6.54 Å². The Balaban J connectivity index is 2.05. The number of thiophene rings is 1. The van der Waals surface area contributed by atoms with Crippen LogP contribution < -0.4 is 10.2 Å². The molecule has 0 aromatic carbocycles. The summed E-state index contributed by atoms with van der Waals surface area (Å²) < 4.78 is 1.50. The first-order valence-electron chi connectivity index (χ1n) is 6.39. The van der Waals surface area contributed by atoms with Crippen molar-refractivity contribution in [3.05, 3.63) is 42.1 Å². The van der Waals surface area contributed by atoms with Gasteiger partial charge in [-0.15, -0.1) is 11.3 Å². The van der Waals surface area contributed by atoms with E-state index in [1.807, 2.05) is 13.8 Å². The molecule has 0 aliphatic heterocycles. The summed E-state index contributed by atoms with van der Waals surface area (Å²) in [6.45, 7) is 8.00. The van der Waals surface area contributed by atoms with E-state index in [2.05, 4.69) is 25.2 Å². The number of carbonyl (C=O) groups is 1. The fraction of sp³-hybridized carbons (Fsp3) is 0.429. The highest BCUT2D eigenvalue weighted by atomic mass is 32.1. The molecule has 20 heavy (non-hydrogen) atoms. The van der Waals surface area contributed by atoms with E-state index in [9.17, 15) is 9.59 Å². The molecule has 2 aromatic heterocycles. The maximum absolute atomic E-state index is 12.1. The molecule has 2 aromatic rings. The first-order chi connectivity index (χ1) is 9.38. The van der Waals surface area contributed by atoms with Gasteiger partial charge in [0.15, 0.2) is 0 Å². The van der Waals surface area contributed by atoms with Crippen molar-refractivity contribution in [1.82, 2.24) is 9.88 Å². The third kappa shape index (κ3) is 3.19. The largest absolute Gasteiger partial charge is 0.348 e. The lowest BCUT2D eigenvalue weighted by molar-refractivity contribution is -0.122. The number of aromatic nitrogens is 1. The number of nitrogens with zero attached hydrogens (tertiary/aromatic N) is 1. The van der Waals surface area contributed by atoms with Crippen molar-refractivity contribution >= 4 is 28.6 Å². The molecule has 1 unspecified atom stereocenters. The first-order valence-corrected chi connectivity index (χ1v) is 8.09. The van der Waals surface area contributed by atoms with E-state index in [1.54, 1.807) is 16.7 Å². The van der Waals surface area contributed by atoms with E-state index in [4.69, 9.17) is 0 Å². The van der Waals surface area contributed by atoms with Crippen LogP contribution in [0.2, 0.25) is 0 Å². The molecule has 0 radical (unpaired) electrons. The minimum absolute atomic E-state index is 0.0397. The van der Waals surface area contributed by atoms with E-state index in [1.165, 1.54) is 14.3 Å². The molecule has 1 N–H and O–H groups in total. The van der Waals surface area contributed by atoms with Crippen LogP contribution in [-0.4, -0.2) is 10.5 Å². The summed E-state index contributed by atoms with van der Waals surface area (Å²) in [5.41, 5.74) is 1.97. The van der Waals surface area contributed by atoms with Crippen molar-refractivity contribution in [2.24, 2.45) is 0 Å². The minimum Gasteiger partial charge on any atom is -0.348 e. The molecular formula is C14H18N2O2S2. The SMILES string of the molecule is Cc1cc(C(C)NC(=O)Cn2c(C)csc2=O)c(C)s1. The van der Waals surface area contributed by atoms with E-state index >= 15 is 0 Å². The van der Waals surface area contributed by atoms with Crippen LogP contribution in [0.25, 0.3) is 0 Å². The Morgan fingerprint density at radius 3 is 2.60 bits per heavy atom. The average molecular weight is 310 g/mol. The van der Waals surface area contributed by atoms with Gasteiger partial charge >= 0.3 is 4.87 Å². The molecule has 2 heterocycles. The molecule has 0 saturated carbocycles. The fourth-order valence-electron chi connectivity index (χ4n) is 2.19. The number of nitrogens with one attached hydrogen (secondary N) is 1. The average Bonchev–Trinajstić information content (AvgIpc) is 2.85. The topological polar surface area (TPSA) is 51.1 Å². The molecule has 0 aliphatic carbocycles. The molecule has 1 atom stereocenters. The highest BCUT2D eigenvalue weighted by Crippen LogP contribution is 2.26. The smallest absolute Gasteiger partial charge is 0.307 e. The number of carbonyl (C=O) groups excluding carboxylic acids is 1. The zero-order chi connectivity index (χ0) is 14.9. The van der Waals surface area contributed by atoms with Crippen molar-refractivity contribution in [2.75, 3.05) is 0 Å². The van der Waals surface area contributed by atoms with Crippen LogP contribution in [0, 0.1) is 20.8 Å². The summed E-state index contributed by atoms with van der Waals surface area (Å²) in [5, 5.41) is 4.72. The Morgan fingerprint density at radius 1 is 1.40 bits per heavy atom. The Bertz CT molecular complexity index is 682. The Morgan fingerprint density at radius 2 is 2.10 bits per heavy atom. The van der Waals surface area contributed by atoms with Crippen molar-refractivity contribution in [1.29, 1.82) is 0 Å². The van der Waals surface area contributed by atoms with Gasteiger partial charge in [-0.2, -0.15) is 0 Å². The quantitative estimate of drug-likeness (QED) is 0.944. The summed E-state index contributed by atoms with van der Waals surface area (Å²) in [6.07, 6.45) is 0. The molecule has 2 rings (SSSR count). The number of hydrogen-bond acceptors (Lipinski definition) is 4. The van der Waals surface area contributed by atoms with Gasteiger partial charge in [-0.1, -0.05) is 11.3 Å². The highest BCUT2D eigenvalue weighted by Gasteiger charge is 2.15. The standard InChI is InChI=1S/C14H18N2O2S2/c1-8-7-19-14(18)16(8)6-13(17)15-10(3)12-5-9(2)20-11(12)4/h5,7,10H,6H2,1-4H3,(H,15,17). The van der Waals surface area contributed by atoms with Gasteiger partial charge in [0.05, 0.1) is 6.04 Å². The number of hydrogen-bond donors (Lipinski definition) is 1. The van der Waals surface area contributed by atoms with Crippen LogP contribution >= 0.6 is 22.7 Å². The third-order valence-corrected chi connectivity index (χ3v) is 5.06. The molecule has 108 valence electrons. The van der Waals surface area contributed by atoms with Crippen LogP contribution in [0.4, 0.5) is 0 Å². The minimum atomic E-state index is -0.135. The van der Waals surface area contributed by atoms with Gasteiger partial charge in [0, 0.05) is 20.8 Å². The van der Waals surface area contributed by atoms with Crippen molar-refractivity contribution in [3.63, 3.8) is 0 Å². The summed E-state index contributed by atoms with van der Waals surface area (Å²) >= 11 is 2.85. The van der Waals surface area contributed by atoms with Gasteiger partial charge < -0.3 is 5.32 Å². The van der Waals surface area contributed by atoms with Gasteiger partial charge in [0.25, 0.3) is 0 Å². The summed E-state index contributed by atoms with van der Waals surface area (Å²) in [7, 11) is 0. The molecular weight excluding hydrogens is 292 g/mol. The fourth-order valence-corrected chi connectivity index (χ4v) is 3.94. The van der Waals surface area contributed by atoms with Gasteiger partial charge in [-0.05, 0) is 39.3 Å². The van der Waals surface area contributed by atoms with Gasteiger partial charge in [-0.3, -0.25) is 14.2 Å². The predicted octanol–water partition coefficient (Wildman–Crippen LogP) is 2.77. The maximum atomic E-state index is 12.1. The number of rotatable bonds is 4. The van der Waals surface area contributed by atoms with Crippen LogP contribution in [0.5, 0.6) is 0 Å². The van der Waals surface area contributed by atoms with E-state index in [-0.39, 0.29) is 23.4 Å². The summed E-state index contributed by atoms with van der Waals surface area (Å²) in [5.74, 6) is -0.135. The second-order valence-corrected chi connectivity index (χ2v) is 7.17. The van der Waals surface area contributed by atoms with Crippen molar-refractivity contribution in [3.8, 4) is 0 Å². The molecule has 6 heteroatoms. The molecule has 0 fully saturated rings. The third-order valence-electron chi connectivity index (χ3n) is 3.20. The molecule has 0 spiro atoms. The number of thiazole rings is 1. The zero-order valence-corrected chi connectivity index (χ0v) is 13.7. The zero-order valence-electron chi connectivity index (χ0n) is 12.0. The van der Waals surface area contributed by atoms with Crippen LogP contribution in [0.3, 0.4) is 0 Å². The Kier molecular flexibility index (Phi) is 4.45. The van der Waals surface area contributed by atoms with Crippen LogP contribution in [-0.2, 0) is 11.3 Å². The van der Waals surface area contributed by atoms with Crippen LogP contribution in [0.15, 0.2) is 16.2 Å². The molecule has 0 saturated heterocycles. The normalized spacial score (nSPS) is 12.4. The van der Waals surface area contributed by atoms with Gasteiger partial charge in [-0.25, -0.2) is 0 Å².